The molecule has 1 atom stereocenters. The molecule has 2 nitrogen and oxygen atoms in total. The molecule has 0 radical (unpaired) electrons. The lowest BCUT2D eigenvalue weighted by Crippen LogP contribution is -2.16. The number of halogens is 4. The van der Waals surface area contributed by atoms with Crippen LogP contribution in [-0.2, 0) is 6.18 Å². The van der Waals surface area contributed by atoms with Crippen molar-refractivity contribution in [2.45, 2.75) is 18.7 Å². The SMILES string of the molecule is CNCC[C@H](Oc1cc(C(F)(F)F)c2ccsc2c1)c1ccccc1.Cl. The van der Waals surface area contributed by atoms with E-state index in [1.807, 2.05) is 37.4 Å². The monoisotopic (exact) mass is 401 g/mol. The first-order chi connectivity index (χ1) is 12.0. The van der Waals surface area contributed by atoms with E-state index in [1.165, 1.54) is 17.4 Å². The molecule has 3 aromatic rings. The summed E-state index contributed by atoms with van der Waals surface area (Å²) in [6.07, 6.45) is -4.07. The lowest BCUT2D eigenvalue weighted by Gasteiger charge is -2.21. The molecule has 0 saturated heterocycles. The molecule has 0 aliphatic carbocycles. The fraction of sp³-hybridized carbons (Fsp3) is 0.263. The van der Waals surface area contributed by atoms with Crippen LogP contribution in [0.3, 0.4) is 0 Å². The number of benzene rings is 2. The van der Waals surface area contributed by atoms with E-state index in [2.05, 4.69) is 5.32 Å². The summed E-state index contributed by atoms with van der Waals surface area (Å²) in [6.45, 7) is 0.701. The number of fused-ring (bicyclic) bond motifs is 1. The molecular weight excluding hydrogens is 383 g/mol. The van der Waals surface area contributed by atoms with E-state index in [4.69, 9.17) is 4.74 Å². The summed E-state index contributed by atoms with van der Waals surface area (Å²) in [5.74, 6) is 0.243. The average Bonchev–Trinajstić information content (AvgIpc) is 3.06. The Labute approximate surface area is 160 Å². The van der Waals surface area contributed by atoms with Gasteiger partial charge in [-0.25, -0.2) is 0 Å². The molecule has 1 N–H and O–H groups in total. The van der Waals surface area contributed by atoms with Gasteiger partial charge in [0.2, 0.25) is 0 Å². The maximum Gasteiger partial charge on any atom is 0.417 e. The van der Waals surface area contributed by atoms with E-state index in [9.17, 15) is 13.2 Å². The topological polar surface area (TPSA) is 21.3 Å². The Morgan fingerprint density at radius 3 is 2.50 bits per heavy atom. The molecule has 1 aromatic heterocycles. The van der Waals surface area contributed by atoms with Crippen LogP contribution in [0.1, 0.15) is 23.7 Å². The van der Waals surface area contributed by atoms with E-state index in [1.54, 1.807) is 11.4 Å². The minimum Gasteiger partial charge on any atom is -0.486 e. The Balaban J connectivity index is 0.00000243. The Bertz CT molecular complexity index is 836. The molecule has 26 heavy (non-hydrogen) atoms. The van der Waals surface area contributed by atoms with Crippen molar-refractivity contribution >= 4 is 33.8 Å². The first kappa shape index (κ1) is 20.6. The van der Waals surface area contributed by atoms with Crippen molar-refractivity contribution in [3.8, 4) is 5.75 Å². The lowest BCUT2D eigenvalue weighted by atomic mass is 10.1. The van der Waals surface area contributed by atoms with Crippen LogP contribution in [0, 0.1) is 0 Å². The van der Waals surface area contributed by atoms with Gasteiger partial charge in [0.25, 0.3) is 0 Å². The van der Waals surface area contributed by atoms with E-state index in [0.29, 0.717) is 17.7 Å². The van der Waals surface area contributed by atoms with Gasteiger partial charge < -0.3 is 10.1 Å². The maximum absolute atomic E-state index is 13.4. The van der Waals surface area contributed by atoms with Gasteiger partial charge in [0.1, 0.15) is 11.9 Å². The van der Waals surface area contributed by atoms with Crippen LogP contribution >= 0.6 is 23.7 Å². The second-order valence-electron chi connectivity index (χ2n) is 5.71. The number of ether oxygens (including phenoxy) is 1. The standard InChI is InChI=1S/C19H18F3NOS.ClH/c1-23-9-7-17(13-5-3-2-4-6-13)24-14-11-16(19(20,21)22)15-8-10-25-18(15)12-14;/h2-6,8,10-12,17,23H,7,9H2,1H3;1H/t17-;/m0./s1. The summed E-state index contributed by atoms with van der Waals surface area (Å²) in [5.41, 5.74) is 0.291. The first-order valence-electron chi connectivity index (χ1n) is 7.93. The maximum atomic E-state index is 13.4. The van der Waals surface area contributed by atoms with Gasteiger partial charge in [0, 0.05) is 16.5 Å². The molecule has 0 aliphatic heterocycles. The molecule has 0 fully saturated rings. The molecule has 3 rings (SSSR count). The number of hydrogen-bond acceptors (Lipinski definition) is 3. The number of alkyl halides is 3. The summed E-state index contributed by atoms with van der Waals surface area (Å²) in [6, 6.07) is 13.8. The normalized spacial score (nSPS) is 12.6. The van der Waals surface area contributed by atoms with Crippen molar-refractivity contribution in [1.82, 2.24) is 5.32 Å². The van der Waals surface area contributed by atoms with Crippen molar-refractivity contribution in [2.75, 3.05) is 13.6 Å². The van der Waals surface area contributed by atoms with E-state index >= 15 is 0 Å². The zero-order chi connectivity index (χ0) is 17.9. The lowest BCUT2D eigenvalue weighted by molar-refractivity contribution is -0.136. The predicted molar refractivity (Wildman–Crippen MR) is 102 cm³/mol. The highest BCUT2D eigenvalue weighted by atomic mass is 35.5. The third kappa shape index (κ3) is 4.69. The van der Waals surface area contributed by atoms with Gasteiger partial charge in [0.15, 0.2) is 0 Å². The summed E-state index contributed by atoms with van der Waals surface area (Å²) < 4.78 is 46.7. The fourth-order valence-electron chi connectivity index (χ4n) is 2.75. The molecule has 0 bridgehead atoms. The zero-order valence-electron chi connectivity index (χ0n) is 14.0. The van der Waals surface area contributed by atoms with E-state index < -0.39 is 11.7 Å². The Kier molecular flexibility index (Phi) is 6.92. The summed E-state index contributed by atoms with van der Waals surface area (Å²) in [5, 5.41) is 4.94. The van der Waals surface area contributed by atoms with Crippen molar-refractivity contribution in [2.24, 2.45) is 0 Å². The van der Waals surface area contributed by atoms with Crippen molar-refractivity contribution in [1.29, 1.82) is 0 Å². The van der Waals surface area contributed by atoms with Crippen LogP contribution in [0.2, 0.25) is 0 Å². The largest absolute Gasteiger partial charge is 0.486 e. The molecule has 0 spiro atoms. The van der Waals surface area contributed by atoms with Crippen LogP contribution in [0.4, 0.5) is 13.2 Å². The molecular formula is C19H19ClF3NOS. The van der Waals surface area contributed by atoms with Gasteiger partial charge in [-0.05, 0) is 42.7 Å². The fourth-order valence-corrected chi connectivity index (χ4v) is 3.59. The minimum atomic E-state index is -4.41. The van der Waals surface area contributed by atoms with Gasteiger partial charge in [-0.1, -0.05) is 30.3 Å². The molecule has 7 heteroatoms. The second-order valence-corrected chi connectivity index (χ2v) is 6.66. The highest BCUT2D eigenvalue weighted by Crippen LogP contribution is 2.40. The molecule has 0 amide bonds. The van der Waals surface area contributed by atoms with Crippen molar-refractivity contribution in [3.63, 3.8) is 0 Å². The number of thiophene rings is 1. The molecule has 0 aliphatic rings. The van der Waals surface area contributed by atoms with Crippen molar-refractivity contribution in [3.05, 3.63) is 65.0 Å². The van der Waals surface area contributed by atoms with Crippen LogP contribution in [0.5, 0.6) is 5.75 Å². The zero-order valence-corrected chi connectivity index (χ0v) is 15.7. The first-order valence-corrected chi connectivity index (χ1v) is 8.81. The van der Waals surface area contributed by atoms with E-state index in [0.717, 1.165) is 11.6 Å². The number of nitrogens with one attached hydrogen (secondary N) is 1. The number of rotatable bonds is 6. The highest BCUT2D eigenvalue weighted by Gasteiger charge is 2.33. The van der Waals surface area contributed by atoms with Gasteiger partial charge in [-0.3, -0.25) is 0 Å². The summed E-state index contributed by atoms with van der Waals surface area (Å²) in [4.78, 5) is 0. The van der Waals surface area contributed by atoms with Crippen molar-refractivity contribution < 1.29 is 17.9 Å². The van der Waals surface area contributed by atoms with Crippen LogP contribution < -0.4 is 10.1 Å². The minimum absolute atomic E-state index is 0. The second kappa shape index (κ2) is 8.75. The molecule has 2 aromatic carbocycles. The van der Waals surface area contributed by atoms with Gasteiger partial charge in [-0.2, -0.15) is 13.2 Å². The average molecular weight is 402 g/mol. The highest BCUT2D eigenvalue weighted by molar-refractivity contribution is 7.17. The third-order valence-corrected chi connectivity index (χ3v) is 4.82. The van der Waals surface area contributed by atoms with Crippen LogP contribution in [0.15, 0.2) is 53.9 Å². The van der Waals surface area contributed by atoms with Gasteiger partial charge >= 0.3 is 6.18 Å². The van der Waals surface area contributed by atoms with Gasteiger partial charge in [0.05, 0.1) is 5.56 Å². The Morgan fingerprint density at radius 2 is 1.85 bits per heavy atom. The molecule has 140 valence electrons. The number of hydrogen-bond donors (Lipinski definition) is 1. The third-order valence-electron chi connectivity index (χ3n) is 3.96. The molecule has 1 heterocycles. The van der Waals surface area contributed by atoms with E-state index in [-0.39, 0.29) is 29.6 Å². The predicted octanol–water partition coefficient (Wildman–Crippen LogP) is 6.07. The summed E-state index contributed by atoms with van der Waals surface area (Å²) in [7, 11) is 1.83. The molecule has 0 saturated carbocycles. The van der Waals surface area contributed by atoms with Gasteiger partial charge in [-0.15, -0.1) is 23.7 Å². The Hall–Kier alpha value is -1.76. The van der Waals surface area contributed by atoms with Crippen LogP contribution in [0.25, 0.3) is 10.1 Å². The Morgan fingerprint density at radius 1 is 1.12 bits per heavy atom. The van der Waals surface area contributed by atoms with Crippen LogP contribution in [-0.4, -0.2) is 13.6 Å². The molecule has 0 unspecified atom stereocenters. The smallest absolute Gasteiger partial charge is 0.417 e. The quantitative estimate of drug-likeness (QED) is 0.541. The summed E-state index contributed by atoms with van der Waals surface area (Å²) >= 11 is 1.28.